The summed E-state index contributed by atoms with van der Waals surface area (Å²) in [5, 5.41) is 0. The van der Waals surface area contributed by atoms with Crippen molar-refractivity contribution < 1.29 is 27.1 Å². The minimum Gasteiger partial charge on any atom is -0.455 e. The Kier molecular flexibility index (Phi) is 9.20. The number of carbonyl (C=O) groups excluding carboxylic acids is 1. The van der Waals surface area contributed by atoms with Gasteiger partial charge in [-0.05, 0) is 104 Å². The second-order valence-corrected chi connectivity index (χ2v) is 12.7. The molecule has 43 heavy (non-hydrogen) atoms. The van der Waals surface area contributed by atoms with E-state index in [9.17, 15) is 18.0 Å². The van der Waals surface area contributed by atoms with E-state index in [-0.39, 0.29) is 18.1 Å². The summed E-state index contributed by atoms with van der Waals surface area (Å²) in [5.41, 5.74) is 6.99. The van der Waals surface area contributed by atoms with Crippen LogP contribution in [0.25, 0.3) is 5.57 Å². The Hall–Kier alpha value is -3.33. The smallest absolute Gasteiger partial charge is 0.449 e. The van der Waals surface area contributed by atoms with Gasteiger partial charge in [-0.3, -0.25) is 4.79 Å². The molecule has 2 heterocycles. The van der Waals surface area contributed by atoms with Crippen LogP contribution < -0.4 is 0 Å². The van der Waals surface area contributed by atoms with Crippen LogP contribution in [0, 0.1) is 12.3 Å². The molecule has 0 atom stereocenters. The number of alkyl halides is 3. The molecule has 0 bridgehead atoms. The highest BCUT2D eigenvalue weighted by molar-refractivity contribution is 7.97. The number of furan rings is 1. The van der Waals surface area contributed by atoms with Crippen molar-refractivity contribution in [2.45, 2.75) is 71.3 Å². The van der Waals surface area contributed by atoms with Crippen molar-refractivity contribution in [2.75, 3.05) is 6.61 Å². The van der Waals surface area contributed by atoms with E-state index in [4.69, 9.17) is 9.15 Å². The second-order valence-electron chi connectivity index (χ2n) is 11.6. The van der Waals surface area contributed by atoms with Gasteiger partial charge in [0.1, 0.15) is 11.5 Å². The van der Waals surface area contributed by atoms with Gasteiger partial charge in [-0.25, -0.2) is 4.31 Å². The van der Waals surface area contributed by atoms with Crippen LogP contribution in [0.2, 0.25) is 0 Å². The first-order chi connectivity index (χ1) is 20.4. The quantitative estimate of drug-likeness (QED) is 0.227. The molecule has 4 nitrogen and oxygen atoms in total. The molecule has 0 radical (unpaired) electrons. The van der Waals surface area contributed by atoms with Gasteiger partial charge in [-0.15, -0.1) is 0 Å². The van der Waals surface area contributed by atoms with Gasteiger partial charge in [0.25, 0.3) is 0 Å². The fraction of sp³-hybridized carbons (Fsp3) is 0.343. The lowest BCUT2D eigenvalue weighted by molar-refractivity contribution is -0.153. The Morgan fingerprint density at radius 1 is 1.02 bits per heavy atom. The Balaban J connectivity index is 1.42. The number of rotatable bonds is 9. The zero-order chi connectivity index (χ0) is 30.8. The van der Waals surface area contributed by atoms with Crippen molar-refractivity contribution in [1.29, 1.82) is 0 Å². The largest absolute Gasteiger partial charge is 0.455 e. The topological polar surface area (TPSA) is 42.7 Å². The first-order valence-electron chi connectivity index (χ1n) is 14.4. The molecule has 0 saturated carbocycles. The molecule has 0 fully saturated rings. The van der Waals surface area contributed by atoms with E-state index in [0.717, 1.165) is 57.2 Å². The third kappa shape index (κ3) is 7.25. The maximum absolute atomic E-state index is 13.3. The van der Waals surface area contributed by atoms with Crippen LogP contribution in [0.5, 0.6) is 0 Å². The van der Waals surface area contributed by atoms with Crippen LogP contribution in [0.15, 0.2) is 87.7 Å². The summed E-state index contributed by atoms with van der Waals surface area (Å²) in [6.45, 7) is 9.47. The Morgan fingerprint density at radius 3 is 2.49 bits per heavy atom. The molecule has 0 N–H and O–H groups in total. The number of nitrogens with zero attached hydrogens (tertiary/aromatic N) is 1. The highest BCUT2D eigenvalue weighted by atomic mass is 32.2. The molecule has 3 aromatic rings. The van der Waals surface area contributed by atoms with Crippen LogP contribution in [-0.2, 0) is 41.8 Å². The number of aryl methyl sites for hydroxylation is 1. The number of ether oxygens (including phenoxy) is 1. The maximum Gasteiger partial charge on any atom is 0.449 e. The first-order valence-corrected chi connectivity index (χ1v) is 15.2. The summed E-state index contributed by atoms with van der Waals surface area (Å²) in [6.07, 6.45) is 5.38. The van der Waals surface area contributed by atoms with Crippen LogP contribution in [0.4, 0.5) is 13.2 Å². The molecule has 226 valence electrons. The zero-order valence-electron chi connectivity index (χ0n) is 24.9. The molecule has 0 saturated heterocycles. The lowest BCUT2D eigenvalue weighted by atomic mass is 9.79. The molecular formula is C35H36F3NO3S. The van der Waals surface area contributed by atoms with E-state index in [2.05, 4.69) is 55.5 Å². The molecule has 2 aliphatic rings. The van der Waals surface area contributed by atoms with E-state index in [1.165, 1.54) is 11.6 Å². The van der Waals surface area contributed by atoms with Crippen molar-refractivity contribution in [1.82, 2.24) is 4.31 Å². The summed E-state index contributed by atoms with van der Waals surface area (Å²) in [4.78, 5) is 13.4. The third-order valence-electron chi connectivity index (χ3n) is 8.13. The van der Waals surface area contributed by atoms with Gasteiger partial charge in [-0.2, -0.15) is 13.2 Å². The number of hydrogen-bond donors (Lipinski definition) is 0. The molecule has 1 aromatic heterocycles. The Bertz CT molecular complexity index is 1580. The van der Waals surface area contributed by atoms with E-state index in [0.29, 0.717) is 19.8 Å². The summed E-state index contributed by atoms with van der Waals surface area (Å²) in [6, 6.07) is 14.8. The number of fused-ring (bicyclic) bond motifs is 1. The molecule has 2 aromatic carbocycles. The summed E-state index contributed by atoms with van der Waals surface area (Å²) in [5.74, 6) is -0.623. The molecule has 5 rings (SSSR count). The normalized spacial score (nSPS) is 15.6. The van der Waals surface area contributed by atoms with E-state index >= 15 is 0 Å². The molecule has 1 aliphatic heterocycles. The Morgan fingerprint density at radius 2 is 1.79 bits per heavy atom. The first kappa shape index (κ1) is 31.1. The monoisotopic (exact) mass is 607 g/mol. The van der Waals surface area contributed by atoms with Crippen LogP contribution in [0.3, 0.4) is 0 Å². The van der Waals surface area contributed by atoms with Crippen LogP contribution >= 0.6 is 11.9 Å². The summed E-state index contributed by atoms with van der Waals surface area (Å²) in [7, 11) is 0. The average molecular weight is 608 g/mol. The minimum atomic E-state index is -4.53. The molecule has 0 spiro atoms. The predicted molar refractivity (Wildman–Crippen MR) is 164 cm³/mol. The van der Waals surface area contributed by atoms with Gasteiger partial charge in [0.05, 0.1) is 19.8 Å². The van der Waals surface area contributed by atoms with Gasteiger partial charge in [-0.1, -0.05) is 60.7 Å². The molecule has 8 heteroatoms. The molecular weight excluding hydrogens is 571 g/mol. The number of Topliss-reactive ketones (excluding diaryl/α,β-unsaturated/α-hetero) is 1. The van der Waals surface area contributed by atoms with Gasteiger partial charge >= 0.3 is 6.18 Å². The van der Waals surface area contributed by atoms with E-state index in [1.807, 2.05) is 30.3 Å². The SMILES string of the molecule is CC(=O)C(C)(C)C1=CCC=CC(c2ccc(CN(Cc3ccc(C(F)(F)F)o3)Sc3c(C)ccc4c3CCOC4)cc2)=C1. The minimum absolute atomic E-state index is 0.116. The van der Waals surface area contributed by atoms with Crippen molar-refractivity contribution >= 4 is 23.3 Å². The van der Waals surface area contributed by atoms with Crippen molar-refractivity contribution in [3.63, 3.8) is 0 Å². The van der Waals surface area contributed by atoms with Gasteiger partial charge in [0.2, 0.25) is 5.76 Å². The number of carbonyl (C=O) groups is 1. The fourth-order valence-electron chi connectivity index (χ4n) is 5.21. The number of benzene rings is 2. The molecule has 0 amide bonds. The van der Waals surface area contributed by atoms with Crippen molar-refractivity contribution in [3.05, 3.63) is 118 Å². The standard InChI is InChI=1S/C35H36F3NO3S/c1-23-9-12-28-22-41-18-17-31(28)33(23)43-39(21-30-15-16-32(42-30)35(36,37)38)20-25-10-13-26(14-11-25)27-7-5-6-8-29(19-27)34(3,4)24(2)40/h5,7-16,19H,6,17-18,20-22H2,1-4H3. The van der Waals surface area contributed by atoms with Crippen LogP contribution in [-0.4, -0.2) is 16.7 Å². The third-order valence-corrected chi connectivity index (χ3v) is 9.40. The van der Waals surface area contributed by atoms with Crippen molar-refractivity contribution in [2.24, 2.45) is 5.41 Å². The number of halogens is 3. The maximum atomic E-state index is 13.3. The van der Waals surface area contributed by atoms with Crippen LogP contribution in [0.1, 0.15) is 66.5 Å². The zero-order valence-corrected chi connectivity index (χ0v) is 25.7. The van der Waals surface area contributed by atoms with Gasteiger partial charge in [0, 0.05) is 16.9 Å². The lowest BCUT2D eigenvalue weighted by Crippen LogP contribution is -2.23. The number of allylic oxidation sites excluding steroid dienone is 6. The average Bonchev–Trinajstić information content (AvgIpc) is 3.30. The van der Waals surface area contributed by atoms with E-state index in [1.54, 1.807) is 18.9 Å². The predicted octanol–water partition coefficient (Wildman–Crippen LogP) is 9.27. The summed E-state index contributed by atoms with van der Waals surface area (Å²) >= 11 is 1.55. The highest BCUT2D eigenvalue weighted by Gasteiger charge is 2.35. The summed E-state index contributed by atoms with van der Waals surface area (Å²) < 4.78 is 52.7. The number of hydrogen-bond acceptors (Lipinski definition) is 5. The molecule has 1 aliphatic carbocycles. The fourth-order valence-corrected chi connectivity index (χ4v) is 6.43. The lowest BCUT2D eigenvalue weighted by Gasteiger charge is -2.26. The Labute approximate surface area is 255 Å². The van der Waals surface area contributed by atoms with Crippen molar-refractivity contribution in [3.8, 4) is 0 Å². The highest BCUT2D eigenvalue weighted by Crippen LogP contribution is 2.38. The van der Waals surface area contributed by atoms with Gasteiger partial charge in [0.15, 0.2) is 0 Å². The van der Waals surface area contributed by atoms with E-state index < -0.39 is 17.4 Å². The van der Waals surface area contributed by atoms with Gasteiger partial charge < -0.3 is 9.15 Å². The molecule has 0 unspecified atom stereocenters. The second kappa shape index (κ2) is 12.7. The number of ketones is 1.